The molecule has 2 atom stereocenters. The maximum absolute atomic E-state index is 12.3. The van der Waals surface area contributed by atoms with Crippen LogP contribution in [0.15, 0.2) is 48.5 Å². The molecule has 0 unspecified atom stereocenters. The zero-order valence-electron chi connectivity index (χ0n) is 11.9. The van der Waals surface area contributed by atoms with Crippen LogP contribution in [0.3, 0.4) is 0 Å². The molecule has 2 heteroatoms. The van der Waals surface area contributed by atoms with E-state index in [0.29, 0.717) is 5.92 Å². The molecule has 0 bridgehead atoms. The van der Waals surface area contributed by atoms with Crippen LogP contribution < -0.4 is 5.32 Å². The molecule has 0 spiro atoms. The van der Waals surface area contributed by atoms with Crippen molar-refractivity contribution in [1.82, 2.24) is 0 Å². The summed E-state index contributed by atoms with van der Waals surface area (Å²) in [4.78, 5) is 12.3. The van der Waals surface area contributed by atoms with E-state index in [2.05, 4.69) is 30.4 Å². The van der Waals surface area contributed by atoms with Gasteiger partial charge in [0, 0.05) is 11.6 Å². The van der Waals surface area contributed by atoms with E-state index >= 15 is 0 Å². The summed E-state index contributed by atoms with van der Waals surface area (Å²) in [5.74, 6) is 0.659. The molecule has 0 saturated heterocycles. The minimum absolute atomic E-state index is 0.123. The second-order valence-electron chi connectivity index (χ2n) is 5.60. The predicted octanol–water partition coefficient (Wildman–Crippen LogP) is 4.05. The number of hydrogen-bond donors (Lipinski definition) is 1. The minimum Gasteiger partial charge on any atom is -0.326 e. The van der Waals surface area contributed by atoms with Gasteiger partial charge in [0.1, 0.15) is 0 Å². The summed E-state index contributed by atoms with van der Waals surface area (Å²) in [6, 6.07) is 16.3. The van der Waals surface area contributed by atoms with Gasteiger partial charge in [-0.2, -0.15) is 0 Å². The van der Waals surface area contributed by atoms with Gasteiger partial charge in [-0.3, -0.25) is 4.79 Å². The maximum atomic E-state index is 12.3. The molecule has 1 aliphatic rings. The van der Waals surface area contributed by atoms with Crippen molar-refractivity contribution in [3.8, 4) is 0 Å². The lowest BCUT2D eigenvalue weighted by Crippen LogP contribution is -2.15. The van der Waals surface area contributed by atoms with Crippen LogP contribution in [0, 0.1) is 19.8 Å². The Balaban J connectivity index is 1.69. The minimum atomic E-state index is 0.123. The zero-order valence-corrected chi connectivity index (χ0v) is 11.9. The fourth-order valence-electron chi connectivity index (χ4n) is 2.67. The third-order valence-corrected chi connectivity index (χ3v) is 4.22. The number of nitrogens with one attached hydrogen (secondary N) is 1. The second-order valence-corrected chi connectivity index (χ2v) is 5.60. The fraction of sp³-hybridized carbons (Fsp3) is 0.278. The smallest absolute Gasteiger partial charge is 0.228 e. The van der Waals surface area contributed by atoms with E-state index in [0.717, 1.165) is 17.7 Å². The molecular formula is C18H19NO. The van der Waals surface area contributed by atoms with Crippen molar-refractivity contribution < 1.29 is 4.79 Å². The number of hydrogen-bond acceptors (Lipinski definition) is 1. The first kappa shape index (κ1) is 12.9. The largest absolute Gasteiger partial charge is 0.326 e. The predicted molar refractivity (Wildman–Crippen MR) is 81.8 cm³/mol. The highest BCUT2D eigenvalue weighted by Gasteiger charge is 2.43. The summed E-state index contributed by atoms with van der Waals surface area (Å²) in [5.41, 5.74) is 4.57. The Labute approximate surface area is 119 Å². The van der Waals surface area contributed by atoms with Crippen molar-refractivity contribution in [2.75, 3.05) is 5.32 Å². The highest BCUT2D eigenvalue weighted by Crippen LogP contribution is 2.47. The molecule has 3 rings (SSSR count). The molecule has 1 amide bonds. The summed E-state index contributed by atoms with van der Waals surface area (Å²) in [5, 5.41) is 3.07. The second kappa shape index (κ2) is 5.12. The van der Waals surface area contributed by atoms with E-state index in [-0.39, 0.29) is 11.8 Å². The standard InChI is InChI=1S/C18H19NO/c1-12-7-6-10-17(13(12)2)19-18(20)16-11-15(16)14-8-4-3-5-9-14/h3-10,15-16H,11H2,1-2H3,(H,19,20)/t15-,16-/m1/s1. The van der Waals surface area contributed by atoms with Gasteiger partial charge in [0.05, 0.1) is 0 Å². The molecular weight excluding hydrogens is 246 g/mol. The van der Waals surface area contributed by atoms with Gasteiger partial charge in [0.15, 0.2) is 0 Å². The summed E-state index contributed by atoms with van der Waals surface area (Å²) in [6.45, 7) is 4.11. The molecule has 102 valence electrons. The molecule has 2 aromatic rings. The first-order valence-electron chi connectivity index (χ1n) is 7.09. The van der Waals surface area contributed by atoms with Crippen molar-refractivity contribution >= 4 is 11.6 Å². The molecule has 1 aliphatic carbocycles. The number of anilines is 1. The molecule has 0 heterocycles. The van der Waals surface area contributed by atoms with Gasteiger partial charge >= 0.3 is 0 Å². The van der Waals surface area contributed by atoms with Crippen LogP contribution in [-0.2, 0) is 4.79 Å². The van der Waals surface area contributed by atoms with Gasteiger partial charge in [0.2, 0.25) is 5.91 Å². The van der Waals surface area contributed by atoms with Crippen LogP contribution in [-0.4, -0.2) is 5.91 Å². The average Bonchev–Trinajstić information content (AvgIpc) is 3.25. The van der Waals surface area contributed by atoms with Gasteiger partial charge in [-0.05, 0) is 48.9 Å². The van der Waals surface area contributed by atoms with Crippen LogP contribution in [0.25, 0.3) is 0 Å². The number of aryl methyl sites for hydroxylation is 1. The van der Waals surface area contributed by atoms with Gasteiger partial charge in [-0.25, -0.2) is 0 Å². The van der Waals surface area contributed by atoms with Crippen molar-refractivity contribution in [2.45, 2.75) is 26.2 Å². The molecule has 1 N–H and O–H groups in total. The zero-order chi connectivity index (χ0) is 14.1. The van der Waals surface area contributed by atoms with E-state index < -0.39 is 0 Å². The van der Waals surface area contributed by atoms with E-state index in [1.54, 1.807) is 0 Å². The highest BCUT2D eigenvalue weighted by molar-refractivity contribution is 5.96. The van der Waals surface area contributed by atoms with Crippen molar-refractivity contribution in [3.05, 3.63) is 65.2 Å². The molecule has 0 radical (unpaired) electrons. The van der Waals surface area contributed by atoms with Gasteiger partial charge in [-0.15, -0.1) is 0 Å². The summed E-state index contributed by atoms with van der Waals surface area (Å²) < 4.78 is 0. The van der Waals surface area contributed by atoms with E-state index in [1.165, 1.54) is 11.1 Å². The lowest BCUT2D eigenvalue weighted by Gasteiger charge is -2.10. The Kier molecular flexibility index (Phi) is 3.31. The van der Waals surface area contributed by atoms with Crippen LogP contribution in [0.5, 0.6) is 0 Å². The van der Waals surface area contributed by atoms with Crippen LogP contribution in [0.4, 0.5) is 5.69 Å². The molecule has 20 heavy (non-hydrogen) atoms. The Morgan fingerprint density at radius 2 is 1.80 bits per heavy atom. The molecule has 1 saturated carbocycles. The van der Waals surface area contributed by atoms with Gasteiger partial charge < -0.3 is 5.32 Å². The third kappa shape index (κ3) is 2.46. The van der Waals surface area contributed by atoms with Crippen molar-refractivity contribution in [1.29, 1.82) is 0 Å². The number of rotatable bonds is 3. The van der Waals surface area contributed by atoms with E-state index in [9.17, 15) is 4.79 Å². The van der Waals surface area contributed by atoms with Crippen molar-refractivity contribution in [3.63, 3.8) is 0 Å². The van der Waals surface area contributed by atoms with Crippen LogP contribution in [0.2, 0.25) is 0 Å². The van der Waals surface area contributed by atoms with Gasteiger partial charge in [0.25, 0.3) is 0 Å². The van der Waals surface area contributed by atoms with E-state index in [4.69, 9.17) is 0 Å². The Morgan fingerprint density at radius 1 is 1.05 bits per heavy atom. The molecule has 1 fully saturated rings. The fourth-order valence-corrected chi connectivity index (χ4v) is 2.67. The Morgan fingerprint density at radius 3 is 2.55 bits per heavy atom. The molecule has 0 aromatic heterocycles. The lowest BCUT2D eigenvalue weighted by atomic mass is 10.1. The average molecular weight is 265 g/mol. The first-order valence-corrected chi connectivity index (χ1v) is 7.09. The maximum Gasteiger partial charge on any atom is 0.228 e. The topological polar surface area (TPSA) is 29.1 Å². The lowest BCUT2D eigenvalue weighted by molar-refractivity contribution is -0.117. The van der Waals surface area contributed by atoms with Crippen molar-refractivity contribution in [2.24, 2.45) is 5.92 Å². The third-order valence-electron chi connectivity index (χ3n) is 4.22. The normalized spacial score (nSPS) is 20.5. The molecule has 2 nitrogen and oxygen atoms in total. The Bertz CT molecular complexity index is 633. The number of carbonyl (C=O) groups is 1. The summed E-state index contributed by atoms with van der Waals surface area (Å²) in [7, 11) is 0. The summed E-state index contributed by atoms with van der Waals surface area (Å²) >= 11 is 0. The summed E-state index contributed by atoms with van der Waals surface area (Å²) in [6.07, 6.45) is 0.959. The van der Waals surface area contributed by atoms with Crippen LogP contribution in [0.1, 0.15) is 29.0 Å². The van der Waals surface area contributed by atoms with Gasteiger partial charge in [-0.1, -0.05) is 42.5 Å². The highest BCUT2D eigenvalue weighted by atomic mass is 16.2. The van der Waals surface area contributed by atoms with E-state index in [1.807, 2.05) is 37.3 Å². The first-order chi connectivity index (χ1) is 9.66. The monoisotopic (exact) mass is 265 g/mol. The quantitative estimate of drug-likeness (QED) is 0.891. The number of benzene rings is 2. The number of carbonyl (C=O) groups excluding carboxylic acids is 1. The molecule has 0 aliphatic heterocycles. The Hall–Kier alpha value is -2.09. The number of amides is 1. The van der Waals surface area contributed by atoms with Crippen LogP contribution >= 0.6 is 0 Å². The SMILES string of the molecule is Cc1cccc(NC(=O)[C@@H]2C[C@@H]2c2ccccc2)c1C. The molecule has 2 aromatic carbocycles.